The topological polar surface area (TPSA) is 44.4 Å². The number of carbonyl (C=O) groups excluding carboxylic acids is 1. The van der Waals surface area contributed by atoms with Crippen molar-refractivity contribution in [3.05, 3.63) is 29.3 Å². The number of carbonyl (C=O) groups is 1. The number of anilines is 1. The highest BCUT2D eigenvalue weighted by atomic mass is 16.1. The molecule has 0 heterocycles. The number of hydrogen-bond donors (Lipinski definition) is 2. The minimum absolute atomic E-state index is 0.0423. The minimum atomic E-state index is -0.0693. The van der Waals surface area contributed by atoms with E-state index in [1.807, 2.05) is 46.3 Å². The summed E-state index contributed by atoms with van der Waals surface area (Å²) in [5.74, 6) is -0.0423. The molecule has 0 aliphatic carbocycles. The molecule has 1 amide bonds. The van der Waals surface area contributed by atoms with Crippen molar-refractivity contribution in [3.8, 4) is 0 Å². The Labute approximate surface area is 116 Å². The molecule has 0 saturated carbocycles. The highest BCUT2D eigenvalue weighted by Crippen LogP contribution is 2.17. The zero-order chi connectivity index (χ0) is 14.6. The van der Waals surface area contributed by atoms with Crippen LogP contribution in [-0.2, 0) is 0 Å². The van der Waals surface area contributed by atoms with Gasteiger partial charge in [0, 0.05) is 24.8 Å². The van der Waals surface area contributed by atoms with Gasteiger partial charge in [-0.05, 0) is 52.6 Å². The zero-order valence-electron chi connectivity index (χ0n) is 12.8. The monoisotopic (exact) mass is 263 g/mol. The van der Waals surface area contributed by atoms with Gasteiger partial charge in [0.1, 0.15) is 0 Å². The van der Waals surface area contributed by atoms with Gasteiger partial charge >= 0.3 is 0 Å². The van der Waals surface area contributed by atoms with E-state index in [9.17, 15) is 4.79 Å². The average molecular weight is 263 g/mol. The van der Waals surface area contributed by atoms with Crippen LogP contribution in [0.1, 0.15) is 29.8 Å². The number of likely N-dealkylation sites (N-methyl/N-ethyl adjacent to an activating group) is 1. The Hall–Kier alpha value is -1.55. The van der Waals surface area contributed by atoms with E-state index < -0.39 is 0 Å². The molecule has 0 aromatic heterocycles. The van der Waals surface area contributed by atoms with Crippen LogP contribution in [0.2, 0.25) is 0 Å². The van der Waals surface area contributed by atoms with Crippen molar-refractivity contribution in [2.24, 2.45) is 0 Å². The van der Waals surface area contributed by atoms with E-state index in [1.54, 1.807) is 0 Å². The first-order valence-corrected chi connectivity index (χ1v) is 6.52. The highest BCUT2D eigenvalue weighted by molar-refractivity contribution is 5.99. The minimum Gasteiger partial charge on any atom is -0.387 e. The molecule has 0 bridgehead atoms. The fourth-order valence-electron chi connectivity index (χ4n) is 1.61. The summed E-state index contributed by atoms with van der Waals surface area (Å²) in [6.45, 7) is 6.82. The third-order valence-electron chi connectivity index (χ3n) is 3.58. The Balaban J connectivity index is 2.79. The summed E-state index contributed by atoms with van der Waals surface area (Å²) in [6, 6.07) is 5.79. The maximum atomic E-state index is 12.2. The second-order valence-electron chi connectivity index (χ2n) is 5.69. The van der Waals surface area contributed by atoms with Gasteiger partial charge in [0.2, 0.25) is 0 Å². The number of hydrogen-bond acceptors (Lipinski definition) is 3. The van der Waals surface area contributed by atoms with E-state index in [-0.39, 0.29) is 11.4 Å². The van der Waals surface area contributed by atoms with Crippen LogP contribution in [0.5, 0.6) is 0 Å². The summed E-state index contributed by atoms with van der Waals surface area (Å²) in [6.07, 6.45) is 0. The van der Waals surface area contributed by atoms with E-state index in [2.05, 4.69) is 29.4 Å². The fourth-order valence-corrected chi connectivity index (χ4v) is 1.61. The van der Waals surface area contributed by atoms with Gasteiger partial charge in [0.25, 0.3) is 5.91 Å². The third-order valence-corrected chi connectivity index (χ3v) is 3.58. The average Bonchev–Trinajstić information content (AvgIpc) is 2.35. The van der Waals surface area contributed by atoms with E-state index >= 15 is 0 Å². The van der Waals surface area contributed by atoms with Crippen molar-refractivity contribution in [3.63, 3.8) is 0 Å². The normalized spacial score (nSPS) is 11.5. The van der Waals surface area contributed by atoms with Crippen LogP contribution >= 0.6 is 0 Å². The van der Waals surface area contributed by atoms with Crippen LogP contribution in [0, 0.1) is 6.92 Å². The molecular formula is C15H25N3O. The van der Waals surface area contributed by atoms with Gasteiger partial charge in [-0.25, -0.2) is 0 Å². The molecule has 0 spiro atoms. The lowest BCUT2D eigenvalue weighted by Crippen LogP contribution is -2.48. The summed E-state index contributed by atoms with van der Waals surface area (Å²) in [7, 11) is 5.85. The molecule has 2 N–H and O–H groups in total. The van der Waals surface area contributed by atoms with Crippen LogP contribution in [-0.4, -0.2) is 44.0 Å². The number of benzene rings is 1. The van der Waals surface area contributed by atoms with Crippen molar-refractivity contribution >= 4 is 11.6 Å². The molecule has 106 valence electrons. The Morgan fingerprint density at radius 3 is 2.47 bits per heavy atom. The molecule has 0 fully saturated rings. The van der Waals surface area contributed by atoms with Gasteiger partial charge in [-0.15, -0.1) is 0 Å². The molecule has 0 unspecified atom stereocenters. The zero-order valence-corrected chi connectivity index (χ0v) is 12.8. The highest BCUT2D eigenvalue weighted by Gasteiger charge is 2.22. The molecule has 0 radical (unpaired) electrons. The number of aryl methyl sites for hydroxylation is 1. The molecule has 0 atom stereocenters. The Kier molecular flexibility index (Phi) is 4.95. The van der Waals surface area contributed by atoms with Crippen molar-refractivity contribution in [1.82, 2.24) is 10.2 Å². The van der Waals surface area contributed by atoms with Gasteiger partial charge in [0.05, 0.1) is 5.56 Å². The number of rotatable bonds is 5. The maximum Gasteiger partial charge on any atom is 0.253 e. The molecule has 0 saturated heterocycles. The smallest absolute Gasteiger partial charge is 0.253 e. The lowest BCUT2D eigenvalue weighted by molar-refractivity contribution is 0.0920. The number of amides is 1. The fraction of sp³-hybridized carbons (Fsp3) is 0.533. The summed E-state index contributed by atoms with van der Waals surface area (Å²) < 4.78 is 0. The van der Waals surface area contributed by atoms with Crippen molar-refractivity contribution in [1.29, 1.82) is 0 Å². The van der Waals surface area contributed by atoms with Gasteiger partial charge in [-0.3, -0.25) is 4.79 Å². The molecule has 19 heavy (non-hydrogen) atoms. The predicted molar refractivity (Wildman–Crippen MR) is 80.8 cm³/mol. The van der Waals surface area contributed by atoms with Crippen molar-refractivity contribution < 1.29 is 4.79 Å². The van der Waals surface area contributed by atoms with Crippen molar-refractivity contribution in [2.75, 3.05) is 33.0 Å². The van der Waals surface area contributed by atoms with Gasteiger partial charge in [0.15, 0.2) is 0 Å². The molecule has 0 aliphatic heterocycles. The molecule has 4 nitrogen and oxygen atoms in total. The summed E-state index contributed by atoms with van der Waals surface area (Å²) >= 11 is 0. The Morgan fingerprint density at radius 1 is 1.32 bits per heavy atom. The quantitative estimate of drug-likeness (QED) is 0.855. The lowest BCUT2D eigenvalue weighted by Gasteiger charge is -2.32. The van der Waals surface area contributed by atoms with E-state index in [4.69, 9.17) is 0 Å². The standard InChI is InChI=1S/C15H25N3O/c1-11-7-8-12(13(9-11)16-4)14(19)17-10-15(2,3)18(5)6/h7-9,16H,10H2,1-6H3,(H,17,19). The molecule has 0 aliphatic rings. The Bertz CT molecular complexity index is 453. The molecule has 1 aromatic carbocycles. The molecule has 1 aromatic rings. The van der Waals surface area contributed by atoms with Gasteiger partial charge < -0.3 is 15.5 Å². The van der Waals surface area contributed by atoms with E-state index in [0.29, 0.717) is 12.1 Å². The SMILES string of the molecule is CNc1cc(C)ccc1C(=O)NCC(C)(C)N(C)C. The maximum absolute atomic E-state index is 12.2. The summed E-state index contributed by atoms with van der Waals surface area (Å²) in [5, 5.41) is 6.06. The van der Waals surface area contributed by atoms with Crippen molar-refractivity contribution in [2.45, 2.75) is 26.3 Å². The van der Waals surface area contributed by atoms with Crippen LogP contribution in [0.3, 0.4) is 0 Å². The first-order chi connectivity index (χ1) is 8.77. The van der Waals surface area contributed by atoms with E-state index in [1.165, 1.54) is 0 Å². The second kappa shape index (κ2) is 6.06. The first kappa shape index (κ1) is 15.5. The first-order valence-electron chi connectivity index (χ1n) is 6.52. The van der Waals surface area contributed by atoms with Gasteiger partial charge in [-0.2, -0.15) is 0 Å². The number of nitrogens with zero attached hydrogens (tertiary/aromatic N) is 1. The molecule has 1 rings (SSSR count). The van der Waals surface area contributed by atoms with Crippen LogP contribution in [0.4, 0.5) is 5.69 Å². The predicted octanol–water partition coefficient (Wildman–Crippen LogP) is 2.11. The molecular weight excluding hydrogens is 238 g/mol. The van der Waals surface area contributed by atoms with Crippen LogP contribution in [0.15, 0.2) is 18.2 Å². The summed E-state index contributed by atoms with van der Waals surface area (Å²) in [4.78, 5) is 14.3. The van der Waals surface area contributed by atoms with E-state index in [0.717, 1.165) is 11.3 Å². The third kappa shape index (κ3) is 3.96. The van der Waals surface area contributed by atoms with Gasteiger partial charge in [-0.1, -0.05) is 6.07 Å². The van der Waals surface area contributed by atoms with Crippen LogP contribution < -0.4 is 10.6 Å². The summed E-state index contributed by atoms with van der Waals surface area (Å²) in [5.41, 5.74) is 2.61. The van der Waals surface area contributed by atoms with Crippen LogP contribution in [0.25, 0.3) is 0 Å². The number of nitrogens with one attached hydrogen (secondary N) is 2. The molecule has 4 heteroatoms. The second-order valence-corrected chi connectivity index (χ2v) is 5.69. The lowest BCUT2D eigenvalue weighted by atomic mass is 10.0. The largest absolute Gasteiger partial charge is 0.387 e. The Morgan fingerprint density at radius 2 is 1.95 bits per heavy atom.